The molecule has 1 atom stereocenters. The minimum Gasteiger partial charge on any atom is -0.494 e. The zero-order valence-electron chi connectivity index (χ0n) is 18.0. The molecule has 9 nitrogen and oxygen atoms in total. The van der Waals surface area contributed by atoms with E-state index in [0.29, 0.717) is 18.8 Å². The van der Waals surface area contributed by atoms with Crippen LogP contribution >= 0.6 is 0 Å². The average Bonchev–Trinajstić information content (AvgIpc) is 3.31. The zero-order chi connectivity index (χ0) is 22.9. The standard InChI is InChI=1S/C23H26N2O7/c1-3-29-22(27)20-17(24-23(28)25-21(20)18-6-4-13-31-18)14-32-19(26)7-5-12-30-16-10-8-15(2)9-11-16/h4,6,8-11,13,21H,3,5,7,12,14H2,1-2H3,(H2,24,25,28). The lowest BCUT2D eigenvalue weighted by Gasteiger charge is -2.27. The van der Waals surface area contributed by atoms with Crippen LogP contribution in [0.15, 0.2) is 58.3 Å². The third-order valence-corrected chi connectivity index (χ3v) is 4.67. The summed E-state index contributed by atoms with van der Waals surface area (Å²) in [7, 11) is 0. The number of aryl methyl sites for hydroxylation is 1. The van der Waals surface area contributed by atoms with Crippen LogP contribution in [0.2, 0.25) is 0 Å². The van der Waals surface area contributed by atoms with Crippen LogP contribution in [0, 0.1) is 6.92 Å². The summed E-state index contributed by atoms with van der Waals surface area (Å²) < 4.78 is 21.4. The Morgan fingerprint density at radius 2 is 1.91 bits per heavy atom. The summed E-state index contributed by atoms with van der Waals surface area (Å²) in [6.45, 7) is 3.89. The van der Waals surface area contributed by atoms with E-state index in [9.17, 15) is 14.4 Å². The van der Waals surface area contributed by atoms with Crippen LogP contribution < -0.4 is 15.4 Å². The predicted octanol–water partition coefficient (Wildman–Crippen LogP) is 3.16. The normalized spacial score (nSPS) is 15.6. The van der Waals surface area contributed by atoms with Gasteiger partial charge in [0.15, 0.2) is 0 Å². The number of benzene rings is 1. The molecule has 2 heterocycles. The molecule has 170 valence electrons. The number of furan rings is 1. The summed E-state index contributed by atoms with van der Waals surface area (Å²) in [5.74, 6) is -0.0240. The quantitative estimate of drug-likeness (QED) is 0.429. The Balaban J connectivity index is 1.59. The number of carbonyl (C=O) groups is 3. The lowest BCUT2D eigenvalue weighted by molar-refractivity contribution is -0.144. The molecule has 32 heavy (non-hydrogen) atoms. The maximum Gasteiger partial charge on any atom is 0.338 e. The van der Waals surface area contributed by atoms with Crippen LogP contribution in [0.5, 0.6) is 5.75 Å². The van der Waals surface area contributed by atoms with Gasteiger partial charge in [0.2, 0.25) is 0 Å². The van der Waals surface area contributed by atoms with Gasteiger partial charge in [-0.15, -0.1) is 0 Å². The third-order valence-electron chi connectivity index (χ3n) is 4.67. The van der Waals surface area contributed by atoms with E-state index in [-0.39, 0.29) is 30.9 Å². The summed E-state index contributed by atoms with van der Waals surface area (Å²) >= 11 is 0. The maximum atomic E-state index is 12.6. The van der Waals surface area contributed by atoms with Crippen molar-refractivity contribution < 1.29 is 33.0 Å². The fourth-order valence-electron chi connectivity index (χ4n) is 3.12. The zero-order valence-corrected chi connectivity index (χ0v) is 18.0. The van der Waals surface area contributed by atoms with Crippen molar-refractivity contribution in [2.75, 3.05) is 19.8 Å². The topological polar surface area (TPSA) is 116 Å². The van der Waals surface area contributed by atoms with Gasteiger partial charge in [-0.2, -0.15) is 0 Å². The van der Waals surface area contributed by atoms with Crippen molar-refractivity contribution in [3.63, 3.8) is 0 Å². The van der Waals surface area contributed by atoms with Crippen molar-refractivity contribution >= 4 is 18.0 Å². The molecule has 0 aliphatic carbocycles. The van der Waals surface area contributed by atoms with Crippen molar-refractivity contribution in [3.05, 3.63) is 65.3 Å². The fraction of sp³-hybridized carbons (Fsp3) is 0.348. The van der Waals surface area contributed by atoms with Gasteiger partial charge in [-0.3, -0.25) is 4.79 Å². The van der Waals surface area contributed by atoms with Crippen molar-refractivity contribution in [3.8, 4) is 5.75 Å². The van der Waals surface area contributed by atoms with Gasteiger partial charge in [0.05, 0.1) is 30.7 Å². The molecule has 0 saturated carbocycles. The van der Waals surface area contributed by atoms with E-state index in [0.717, 1.165) is 11.3 Å². The molecule has 1 unspecified atom stereocenters. The number of hydrogen-bond donors (Lipinski definition) is 2. The molecule has 1 aromatic heterocycles. The maximum absolute atomic E-state index is 12.6. The van der Waals surface area contributed by atoms with Crippen LogP contribution in [-0.2, 0) is 19.1 Å². The summed E-state index contributed by atoms with van der Waals surface area (Å²) in [6, 6.07) is 9.51. The van der Waals surface area contributed by atoms with Crippen molar-refractivity contribution in [1.82, 2.24) is 10.6 Å². The molecule has 1 aliphatic rings. The van der Waals surface area contributed by atoms with Gasteiger partial charge in [-0.05, 0) is 44.5 Å². The smallest absolute Gasteiger partial charge is 0.338 e. The number of urea groups is 1. The van der Waals surface area contributed by atoms with E-state index in [2.05, 4.69) is 10.6 Å². The molecule has 1 aliphatic heterocycles. The number of rotatable bonds is 10. The lowest BCUT2D eigenvalue weighted by atomic mass is 10.0. The molecule has 0 fully saturated rings. The van der Waals surface area contributed by atoms with Crippen LogP contribution in [0.4, 0.5) is 4.79 Å². The first-order valence-corrected chi connectivity index (χ1v) is 10.3. The molecule has 9 heteroatoms. The lowest BCUT2D eigenvalue weighted by Crippen LogP contribution is -2.47. The minimum atomic E-state index is -0.852. The molecular formula is C23H26N2O7. The van der Waals surface area contributed by atoms with Crippen molar-refractivity contribution in [2.45, 2.75) is 32.7 Å². The highest BCUT2D eigenvalue weighted by atomic mass is 16.5. The Kier molecular flexibility index (Phi) is 7.91. The van der Waals surface area contributed by atoms with Crippen LogP contribution in [0.1, 0.15) is 37.1 Å². The summed E-state index contributed by atoms with van der Waals surface area (Å²) in [6.07, 6.45) is 2.02. The molecule has 0 radical (unpaired) electrons. The molecular weight excluding hydrogens is 416 g/mol. The van der Waals surface area contributed by atoms with Crippen LogP contribution in [0.25, 0.3) is 0 Å². The van der Waals surface area contributed by atoms with Gasteiger partial charge in [0, 0.05) is 6.42 Å². The van der Waals surface area contributed by atoms with Gasteiger partial charge in [-0.25, -0.2) is 9.59 Å². The van der Waals surface area contributed by atoms with E-state index in [1.54, 1.807) is 19.1 Å². The Bertz CT molecular complexity index is 965. The van der Waals surface area contributed by atoms with E-state index < -0.39 is 24.0 Å². The van der Waals surface area contributed by atoms with Crippen molar-refractivity contribution in [1.29, 1.82) is 0 Å². The summed E-state index contributed by atoms with van der Waals surface area (Å²) in [4.78, 5) is 36.8. The largest absolute Gasteiger partial charge is 0.494 e. The SMILES string of the molecule is CCOC(=O)C1=C(COC(=O)CCCOc2ccc(C)cc2)NC(=O)NC1c1ccco1. The number of nitrogens with one attached hydrogen (secondary N) is 2. The molecule has 2 N–H and O–H groups in total. The first-order chi connectivity index (χ1) is 15.5. The van der Waals surface area contributed by atoms with Gasteiger partial charge in [0.25, 0.3) is 0 Å². The second-order valence-electron chi connectivity index (χ2n) is 7.09. The summed E-state index contributed by atoms with van der Waals surface area (Å²) in [5, 5.41) is 5.16. The highest BCUT2D eigenvalue weighted by Crippen LogP contribution is 2.28. The predicted molar refractivity (Wildman–Crippen MR) is 114 cm³/mol. The van der Waals surface area contributed by atoms with E-state index in [1.165, 1.54) is 6.26 Å². The molecule has 1 aromatic carbocycles. The van der Waals surface area contributed by atoms with Crippen molar-refractivity contribution in [2.24, 2.45) is 0 Å². The number of ether oxygens (including phenoxy) is 3. The minimum absolute atomic E-state index is 0.122. The molecule has 0 spiro atoms. The molecule has 3 rings (SSSR count). The van der Waals surface area contributed by atoms with Crippen LogP contribution in [-0.4, -0.2) is 37.8 Å². The van der Waals surface area contributed by atoms with E-state index >= 15 is 0 Å². The highest BCUT2D eigenvalue weighted by molar-refractivity contribution is 5.95. The molecule has 2 amide bonds. The summed E-state index contributed by atoms with van der Waals surface area (Å²) in [5.41, 5.74) is 1.41. The van der Waals surface area contributed by atoms with Gasteiger partial charge >= 0.3 is 18.0 Å². The second kappa shape index (κ2) is 11.0. The number of hydrogen-bond acceptors (Lipinski definition) is 7. The number of esters is 2. The third kappa shape index (κ3) is 6.13. The van der Waals surface area contributed by atoms with Gasteiger partial charge in [0.1, 0.15) is 24.2 Å². The monoisotopic (exact) mass is 442 g/mol. The highest BCUT2D eigenvalue weighted by Gasteiger charge is 2.35. The van der Waals surface area contributed by atoms with Gasteiger partial charge in [-0.1, -0.05) is 17.7 Å². The van der Waals surface area contributed by atoms with Gasteiger partial charge < -0.3 is 29.3 Å². The second-order valence-corrected chi connectivity index (χ2v) is 7.09. The first-order valence-electron chi connectivity index (χ1n) is 10.3. The fourth-order valence-corrected chi connectivity index (χ4v) is 3.12. The molecule has 0 bridgehead atoms. The average molecular weight is 442 g/mol. The number of amides is 2. The molecule has 2 aromatic rings. The Labute approximate surface area is 185 Å². The Morgan fingerprint density at radius 3 is 2.59 bits per heavy atom. The molecule has 0 saturated heterocycles. The van der Waals surface area contributed by atoms with E-state index in [1.807, 2.05) is 31.2 Å². The van der Waals surface area contributed by atoms with Crippen LogP contribution in [0.3, 0.4) is 0 Å². The number of carbonyl (C=O) groups excluding carboxylic acids is 3. The Hall–Kier alpha value is -3.75. The van der Waals surface area contributed by atoms with E-state index in [4.69, 9.17) is 18.6 Å². The first kappa shape index (κ1) is 22.9. The Morgan fingerprint density at radius 1 is 1.12 bits per heavy atom.